The predicted octanol–water partition coefficient (Wildman–Crippen LogP) is 4.42. The summed E-state index contributed by atoms with van der Waals surface area (Å²) in [7, 11) is 0. The van der Waals surface area contributed by atoms with Gasteiger partial charge in [-0.1, -0.05) is 35.9 Å². The van der Waals surface area contributed by atoms with Gasteiger partial charge in [0.25, 0.3) is 5.69 Å². The van der Waals surface area contributed by atoms with Crippen molar-refractivity contribution in [3.05, 3.63) is 74.8 Å². The molecule has 0 aromatic heterocycles. The van der Waals surface area contributed by atoms with E-state index in [0.29, 0.717) is 17.3 Å². The Morgan fingerprint density at radius 1 is 1.06 bits per heavy atom. The fraction of sp³-hybridized carbons (Fsp3) is 0.364. The van der Waals surface area contributed by atoms with Crippen LogP contribution >= 0.6 is 23.4 Å². The largest absolute Gasteiger partial charge is 0.352 e. The van der Waals surface area contributed by atoms with Crippen molar-refractivity contribution in [2.45, 2.75) is 45.2 Å². The average Bonchev–Trinajstić information content (AvgIpc) is 2.72. The van der Waals surface area contributed by atoms with Crippen molar-refractivity contribution in [3.63, 3.8) is 0 Å². The van der Waals surface area contributed by atoms with Gasteiger partial charge >= 0.3 is 0 Å². The Labute approximate surface area is 191 Å². The molecule has 0 aliphatic carbocycles. The van der Waals surface area contributed by atoms with E-state index in [1.165, 1.54) is 23.9 Å². The molecule has 0 fully saturated rings. The van der Waals surface area contributed by atoms with E-state index in [-0.39, 0.29) is 29.3 Å². The first-order chi connectivity index (χ1) is 14.7. The molecule has 2 aromatic rings. The topological polar surface area (TPSA) is 92.6 Å². The number of benzene rings is 2. The summed E-state index contributed by atoms with van der Waals surface area (Å²) in [5, 5.41) is 14.2. The van der Waals surface area contributed by atoms with Gasteiger partial charge in [0, 0.05) is 35.5 Å². The standard InChI is InChI=1S/C22H26ClN3O4S/c1-15(2)24-22(28)16(3)25(12-17-4-8-19(23)9-5-17)21(27)14-31-13-18-6-10-20(11-7-18)26(29)30/h4-11,15-16H,12-14H2,1-3H3,(H,24,28)/t16-/m1/s1. The van der Waals surface area contributed by atoms with Crippen molar-refractivity contribution in [1.82, 2.24) is 10.2 Å². The number of hydrogen-bond acceptors (Lipinski definition) is 5. The van der Waals surface area contributed by atoms with E-state index in [2.05, 4.69) is 5.32 Å². The number of hydrogen-bond donors (Lipinski definition) is 1. The number of carbonyl (C=O) groups is 2. The van der Waals surface area contributed by atoms with Gasteiger partial charge in [-0.2, -0.15) is 0 Å². The number of nitro groups is 1. The molecule has 31 heavy (non-hydrogen) atoms. The summed E-state index contributed by atoms with van der Waals surface area (Å²) < 4.78 is 0. The third kappa shape index (κ3) is 7.88. The Balaban J connectivity index is 2.04. The maximum absolute atomic E-state index is 13.0. The number of nitrogens with one attached hydrogen (secondary N) is 1. The molecule has 166 valence electrons. The van der Waals surface area contributed by atoms with E-state index in [4.69, 9.17) is 11.6 Å². The zero-order valence-electron chi connectivity index (χ0n) is 17.7. The molecule has 0 aliphatic rings. The van der Waals surface area contributed by atoms with Crippen molar-refractivity contribution < 1.29 is 14.5 Å². The smallest absolute Gasteiger partial charge is 0.269 e. The van der Waals surface area contributed by atoms with Crippen LogP contribution < -0.4 is 5.32 Å². The Morgan fingerprint density at radius 3 is 2.19 bits per heavy atom. The van der Waals surface area contributed by atoms with Crippen molar-refractivity contribution in [2.75, 3.05) is 5.75 Å². The van der Waals surface area contributed by atoms with E-state index in [9.17, 15) is 19.7 Å². The molecule has 0 radical (unpaired) electrons. The molecule has 9 heteroatoms. The number of non-ortho nitro benzene ring substituents is 1. The lowest BCUT2D eigenvalue weighted by molar-refractivity contribution is -0.384. The molecule has 0 spiro atoms. The zero-order valence-corrected chi connectivity index (χ0v) is 19.3. The Morgan fingerprint density at radius 2 is 1.65 bits per heavy atom. The molecule has 0 heterocycles. The number of carbonyl (C=O) groups excluding carboxylic acids is 2. The van der Waals surface area contributed by atoms with Crippen LogP contribution in [-0.2, 0) is 21.9 Å². The van der Waals surface area contributed by atoms with Crippen molar-refractivity contribution in [2.24, 2.45) is 0 Å². The van der Waals surface area contributed by atoms with Crippen LogP contribution in [-0.4, -0.2) is 39.5 Å². The maximum Gasteiger partial charge on any atom is 0.269 e. The monoisotopic (exact) mass is 463 g/mol. The van der Waals surface area contributed by atoms with Gasteiger partial charge in [-0.25, -0.2) is 0 Å². The fourth-order valence-electron chi connectivity index (χ4n) is 2.83. The first-order valence-electron chi connectivity index (χ1n) is 9.82. The first-order valence-corrected chi connectivity index (χ1v) is 11.4. The molecule has 0 saturated carbocycles. The number of nitro benzene ring substituents is 1. The van der Waals surface area contributed by atoms with Crippen LogP contribution in [0.3, 0.4) is 0 Å². The first kappa shape index (κ1) is 24.7. The van der Waals surface area contributed by atoms with E-state index in [1.807, 2.05) is 26.0 Å². The third-order valence-electron chi connectivity index (χ3n) is 4.51. The molecular weight excluding hydrogens is 438 g/mol. The van der Waals surface area contributed by atoms with Crippen LogP contribution in [0.25, 0.3) is 0 Å². The molecule has 1 N–H and O–H groups in total. The highest BCUT2D eigenvalue weighted by molar-refractivity contribution is 7.99. The SMILES string of the molecule is CC(C)NC(=O)[C@@H](C)N(Cc1ccc(Cl)cc1)C(=O)CSCc1ccc([N+](=O)[O-])cc1. The quantitative estimate of drug-likeness (QED) is 0.415. The Kier molecular flexibility index (Phi) is 9.33. The van der Waals surface area contributed by atoms with Crippen molar-refractivity contribution >= 4 is 40.9 Å². The van der Waals surface area contributed by atoms with Crippen LogP contribution in [0.15, 0.2) is 48.5 Å². The van der Waals surface area contributed by atoms with Gasteiger partial charge in [0.2, 0.25) is 11.8 Å². The number of nitrogens with zero attached hydrogens (tertiary/aromatic N) is 2. The van der Waals surface area contributed by atoms with Crippen LogP contribution in [0.4, 0.5) is 5.69 Å². The maximum atomic E-state index is 13.0. The summed E-state index contributed by atoms with van der Waals surface area (Å²) in [4.78, 5) is 37.4. The molecule has 2 amide bonds. The predicted molar refractivity (Wildman–Crippen MR) is 124 cm³/mol. The summed E-state index contributed by atoms with van der Waals surface area (Å²) >= 11 is 7.35. The highest BCUT2D eigenvalue weighted by atomic mass is 35.5. The minimum Gasteiger partial charge on any atom is -0.352 e. The number of thioether (sulfide) groups is 1. The number of amides is 2. The molecule has 1 atom stereocenters. The van der Waals surface area contributed by atoms with E-state index >= 15 is 0 Å². The van der Waals surface area contributed by atoms with Gasteiger partial charge in [-0.15, -0.1) is 11.8 Å². The van der Waals surface area contributed by atoms with Gasteiger partial charge < -0.3 is 10.2 Å². The lowest BCUT2D eigenvalue weighted by atomic mass is 10.1. The molecule has 0 bridgehead atoms. The van der Waals surface area contributed by atoms with Crippen LogP contribution in [0.1, 0.15) is 31.9 Å². The molecule has 0 aliphatic heterocycles. The minimum absolute atomic E-state index is 0.0288. The number of halogens is 1. The van der Waals surface area contributed by atoms with E-state index in [1.54, 1.807) is 36.1 Å². The molecule has 2 aromatic carbocycles. The average molecular weight is 464 g/mol. The highest BCUT2D eigenvalue weighted by Gasteiger charge is 2.26. The van der Waals surface area contributed by atoms with Gasteiger partial charge in [0.1, 0.15) is 6.04 Å². The lowest BCUT2D eigenvalue weighted by Crippen LogP contribution is -2.49. The van der Waals surface area contributed by atoms with Crippen molar-refractivity contribution in [3.8, 4) is 0 Å². The van der Waals surface area contributed by atoms with Crippen LogP contribution in [0.5, 0.6) is 0 Å². The Hall–Kier alpha value is -2.58. The second-order valence-electron chi connectivity index (χ2n) is 7.40. The van der Waals surface area contributed by atoms with Gasteiger partial charge in [-0.05, 0) is 44.0 Å². The second-order valence-corrected chi connectivity index (χ2v) is 8.83. The Bertz CT molecular complexity index is 904. The van der Waals surface area contributed by atoms with Gasteiger partial charge in [0.05, 0.1) is 10.7 Å². The normalized spacial score (nSPS) is 11.8. The van der Waals surface area contributed by atoms with Gasteiger partial charge in [0.15, 0.2) is 0 Å². The lowest BCUT2D eigenvalue weighted by Gasteiger charge is -2.29. The molecule has 0 saturated heterocycles. The molecule has 7 nitrogen and oxygen atoms in total. The summed E-state index contributed by atoms with van der Waals surface area (Å²) in [6, 6.07) is 12.8. The summed E-state index contributed by atoms with van der Waals surface area (Å²) in [6.07, 6.45) is 0. The second kappa shape index (κ2) is 11.7. The summed E-state index contributed by atoms with van der Waals surface area (Å²) in [6.45, 7) is 5.75. The molecular formula is C22H26ClN3O4S. The fourth-order valence-corrected chi connectivity index (χ4v) is 3.82. The molecule has 0 unspecified atom stereocenters. The van der Waals surface area contributed by atoms with Gasteiger partial charge in [-0.3, -0.25) is 19.7 Å². The van der Waals surface area contributed by atoms with Crippen molar-refractivity contribution in [1.29, 1.82) is 0 Å². The number of rotatable bonds is 10. The summed E-state index contributed by atoms with van der Waals surface area (Å²) in [5.74, 6) is 0.348. The van der Waals surface area contributed by atoms with Crippen LogP contribution in [0, 0.1) is 10.1 Å². The van der Waals surface area contributed by atoms with E-state index in [0.717, 1.165) is 11.1 Å². The minimum atomic E-state index is -0.634. The third-order valence-corrected chi connectivity index (χ3v) is 5.75. The zero-order chi connectivity index (χ0) is 23.0. The van der Waals surface area contributed by atoms with E-state index < -0.39 is 11.0 Å². The molecule has 2 rings (SSSR count). The summed E-state index contributed by atoms with van der Waals surface area (Å²) in [5.41, 5.74) is 1.80. The van der Waals surface area contributed by atoms with Crippen LogP contribution in [0.2, 0.25) is 5.02 Å². The highest BCUT2D eigenvalue weighted by Crippen LogP contribution is 2.19.